The lowest BCUT2D eigenvalue weighted by Crippen LogP contribution is -2.57. The molecule has 1 aliphatic heterocycles. The summed E-state index contributed by atoms with van der Waals surface area (Å²) >= 11 is 11.9. The highest BCUT2D eigenvalue weighted by molar-refractivity contribution is 6.57. The lowest BCUT2D eigenvalue weighted by Gasteiger charge is -2.37. The SMILES string of the molecule is CC(C)C[C@H](NC(=O)CNC(=O)c1cc(Cl)ccc1Cl)B1CC(CC(=O)O)(C(=O)O)CC(=O)O1. The van der Waals surface area contributed by atoms with Crippen molar-refractivity contribution in [3.63, 3.8) is 0 Å². The van der Waals surface area contributed by atoms with Crippen LogP contribution in [0.1, 0.15) is 43.5 Å². The Labute approximate surface area is 206 Å². The normalized spacial score (nSPS) is 18.7. The first-order chi connectivity index (χ1) is 15.8. The third-order valence-electron chi connectivity index (χ3n) is 5.40. The lowest BCUT2D eigenvalue weighted by molar-refractivity contribution is -0.160. The molecular formula is C21H25BCl2N2O8. The van der Waals surface area contributed by atoms with E-state index in [0.717, 1.165) is 0 Å². The van der Waals surface area contributed by atoms with E-state index >= 15 is 0 Å². The Morgan fingerprint density at radius 3 is 2.47 bits per heavy atom. The molecule has 0 aliphatic carbocycles. The summed E-state index contributed by atoms with van der Waals surface area (Å²) in [6, 6.07) is 4.31. The molecule has 10 nitrogen and oxygen atoms in total. The molecule has 0 bridgehead atoms. The molecule has 0 spiro atoms. The Bertz CT molecular complexity index is 986. The van der Waals surface area contributed by atoms with Gasteiger partial charge in [-0.25, -0.2) is 0 Å². The Hall–Kier alpha value is -2.79. The number of carbonyl (C=O) groups excluding carboxylic acids is 3. The minimum atomic E-state index is -1.84. The molecule has 1 aromatic rings. The van der Waals surface area contributed by atoms with Crippen LogP contribution in [0.4, 0.5) is 0 Å². The van der Waals surface area contributed by atoms with E-state index in [1.165, 1.54) is 18.2 Å². The summed E-state index contributed by atoms with van der Waals surface area (Å²) in [6.45, 7) is 2.22. The molecule has 1 fully saturated rings. The Kier molecular flexibility index (Phi) is 9.34. The van der Waals surface area contributed by atoms with Crippen molar-refractivity contribution in [1.82, 2.24) is 10.6 Å². The van der Waals surface area contributed by atoms with E-state index in [1.54, 1.807) is 0 Å². The Balaban J connectivity index is 2.13. The van der Waals surface area contributed by atoms with Gasteiger partial charge in [-0.15, -0.1) is 0 Å². The summed E-state index contributed by atoms with van der Waals surface area (Å²) in [5.74, 6) is -5.65. The van der Waals surface area contributed by atoms with Crippen LogP contribution in [-0.4, -0.2) is 59.3 Å². The number of carbonyl (C=O) groups is 5. The minimum absolute atomic E-state index is 0.0180. The summed E-state index contributed by atoms with van der Waals surface area (Å²) in [5.41, 5.74) is -1.76. The smallest absolute Gasteiger partial charge is 0.385 e. The van der Waals surface area contributed by atoms with Gasteiger partial charge in [0.25, 0.3) is 11.9 Å². The predicted octanol–water partition coefficient (Wildman–Crippen LogP) is 2.28. The zero-order valence-electron chi connectivity index (χ0n) is 18.6. The van der Waals surface area contributed by atoms with Gasteiger partial charge in [0.15, 0.2) is 0 Å². The molecule has 0 saturated carbocycles. The van der Waals surface area contributed by atoms with Crippen LogP contribution < -0.4 is 10.6 Å². The standard InChI is InChI=1S/C21H25BCl2N2O8/c1-11(2)5-15(22-10-21(20(32)33,7-17(28)29)8-18(30)34-22)26-16(27)9-25-19(31)13-6-12(23)3-4-14(13)24/h3-4,6,11,15H,5,7-10H2,1-2H3,(H,25,31)(H,26,27)(H,28,29)(H,32,33)/t15-,21?/m0/s1. The van der Waals surface area contributed by atoms with Gasteiger partial charge in [0.2, 0.25) is 5.91 Å². The molecule has 0 radical (unpaired) electrons. The Morgan fingerprint density at radius 1 is 1.21 bits per heavy atom. The van der Waals surface area contributed by atoms with E-state index in [0.29, 0.717) is 11.4 Å². The second-order valence-electron chi connectivity index (χ2n) is 8.68. The van der Waals surface area contributed by atoms with Crippen LogP contribution in [0.25, 0.3) is 0 Å². The van der Waals surface area contributed by atoms with Gasteiger partial charge in [-0.1, -0.05) is 37.0 Å². The maximum absolute atomic E-state index is 12.6. The second-order valence-corrected chi connectivity index (χ2v) is 9.52. The number of carboxylic acid groups (broad SMARTS) is 2. The molecule has 2 amide bonds. The molecule has 4 N–H and O–H groups in total. The van der Waals surface area contributed by atoms with Gasteiger partial charge in [-0.05, 0) is 36.9 Å². The van der Waals surface area contributed by atoms with E-state index < -0.39 is 67.4 Å². The average molecular weight is 515 g/mol. The van der Waals surface area contributed by atoms with Crippen molar-refractivity contribution in [3.8, 4) is 0 Å². The summed E-state index contributed by atoms with van der Waals surface area (Å²) in [5, 5.41) is 24.4. The van der Waals surface area contributed by atoms with Gasteiger partial charge in [-0.2, -0.15) is 0 Å². The summed E-state index contributed by atoms with van der Waals surface area (Å²) in [4.78, 5) is 60.4. The zero-order chi connectivity index (χ0) is 25.6. The van der Waals surface area contributed by atoms with Crippen molar-refractivity contribution in [2.24, 2.45) is 11.3 Å². The van der Waals surface area contributed by atoms with E-state index in [9.17, 15) is 34.2 Å². The third-order valence-corrected chi connectivity index (χ3v) is 5.97. The molecule has 2 atom stereocenters. The highest BCUT2D eigenvalue weighted by Gasteiger charge is 2.53. The summed E-state index contributed by atoms with van der Waals surface area (Å²) in [6.07, 6.45) is -1.29. The molecule has 1 unspecified atom stereocenters. The molecule has 0 aromatic heterocycles. The van der Waals surface area contributed by atoms with Crippen molar-refractivity contribution in [2.45, 2.75) is 45.4 Å². The predicted molar refractivity (Wildman–Crippen MR) is 124 cm³/mol. The second kappa shape index (κ2) is 11.6. The van der Waals surface area contributed by atoms with Crippen LogP contribution in [0.2, 0.25) is 16.4 Å². The number of benzene rings is 1. The number of carboxylic acids is 2. The van der Waals surface area contributed by atoms with Crippen LogP contribution in [0.3, 0.4) is 0 Å². The van der Waals surface area contributed by atoms with Gasteiger partial charge in [-0.3, -0.25) is 24.0 Å². The number of nitrogens with one attached hydrogen (secondary N) is 2. The fraction of sp³-hybridized carbons (Fsp3) is 0.476. The van der Waals surface area contributed by atoms with Gasteiger partial charge >= 0.3 is 18.9 Å². The van der Waals surface area contributed by atoms with Crippen molar-refractivity contribution in [1.29, 1.82) is 0 Å². The molecule has 13 heteroatoms. The van der Waals surface area contributed by atoms with Crippen LogP contribution in [0.15, 0.2) is 18.2 Å². The fourth-order valence-electron chi connectivity index (χ4n) is 3.87. The van der Waals surface area contributed by atoms with Crippen LogP contribution in [0.5, 0.6) is 0 Å². The van der Waals surface area contributed by atoms with Gasteiger partial charge < -0.3 is 25.5 Å². The minimum Gasteiger partial charge on any atom is -0.534 e. The number of hydrogen-bond acceptors (Lipinski definition) is 6. The topological polar surface area (TPSA) is 159 Å². The molecule has 184 valence electrons. The molecule has 34 heavy (non-hydrogen) atoms. The van der Waals surface area contributed by atoms with Crippen LogP contribution >= 0.6 is 23.2 Å². The van der Waals surface area contributed by atoms with Gasteiger partial charge in [0.05, 0.1) is 35.4 Å². The number of rotatable bonds is 10. The number of hydrogen-bond donors (Lipinski definition) is 4. The van der Waals surface area contributed by atoms with E-state index in [1.807, 2.05) is 13.8 Å². The van der Waals surface area contributed by atoms with E-state index in [4.69, 9.17) is 27.9 Å². The lowest BCUT2D eigenvalue weighted by atomic mass is 9.47. The summed E-state index contributed by atoms with van der Waals surface area (Å²) in [7, 11) is 0. The quantitative estimate of drug-likeness (QED) is 0.346. The highest BCUT2D eigenvalue weighted by atomic mass is 35.5. The Morgan fingerprint density at radius 2 is 1.88 bits per heavy atom. The number of amides is 2. The fourth-order valence-corrected chi connectivity index (χ4v) is 4.24. The van der Waals surface area contributed by atoms with Gasteiger partial charge in [0.1, 0.15) is 0 Å². The summed E-state index contributed by atoms with van der Waals surface area (Å²) < 4.78 is 5.33. The molecule has 1 aromatic carbocycles. The third kappa shape index (κ3) is 7.36. The first kappa shape index (κ1) is 27.5. The molecule has 1 heterocycles. The van der Waals surface area contributed by atoms with Crippen molar-refractivity contribution in [2.75, 3.05) is 6.54 Å². The van der Waals surface area contributed by atoms with Crippen molar-refractivity contribution >= 4 is 59.8 Å². The largest absolute Gasteiger partial charge is 0.534 e. The maximum Gasteiger partial charge on any atom is 0.385 e. The zero-order valence-corrected chi connectivity index (χ0v) is 20.1. The van der Waals surface area contributed by atoms with Crippen LogP contribution in [0, 0.1) is 11.3 Å². The average Bonchev–Trinajstić information content (AvgIpc) is 2.71. The van der Waals surface area contributed by atoms with E-state index in [2.05, 4.69) is 10.6 Å². The monoisotopic (exact) mass is 514 g/mol. The molecule has 1 saturated heterocycles. The maximum atomic E-state index is 12.6. The highest BCUT2D eigenvalue weighted by Crippen LogP contribution is 2.39. The number of halogens is 2. The van der Waals surface area contributed by atoms with Gasteiger partial charge in [0, 0.05) is 11.0 Å². The molecule has 2 rings (SSSR count). The molecule has 1 aliphatic rings. The van der Waals surface area contributed by atoms with Crippen molar-refractivity contribution in [3.05, 3.63) is 33.8 Å². The molecular weight excluding hydrogens is 490 g/mol. The number of aliphatic carboxylic acids is 2. The first-order valence-corrected chi connectivity index (χ1v) is 11.3. The first-order valence-electron chi connectivity index (χ1n) is 10.5. The van der Waals surface area contributed by atoms with Crippen LogP contribution in [-0.2, 0) is 23.8 Å². The van der Waals surface area contributed by atoms with Crippen molar-refractivity contribution < 1.29 is 38.8 Å². The van der Waals surface area contributed by atoms with E-state index in [-0.39, 0.29) is 22.8 Å².